The van der Waals surface area contributed by atoms with E-state index < -0.39 is 5.97 Å². The van der Waals surface area contributed by atoms with Crippen LogP contribution in [0.15, 0.2) is 22.7 Å². The minimum absolute atomic E-state index is 0.388. The summed E-state index contributed by atoms with van der Waals surface area (Å²) >= 11 is 4.88. The van der Waals surface area contributed by atoms with Crippen molar-refractivity contribution in [2.24, 2.45) is 0 Å². The number of nitrogens with one attached hydrogen (secondary N) is 1. The standard InChI is InChI=1S/C15H16BrNO2S/c1-8-4-9(2)14(12(16)5-8)17-7-11-6-13(15(18)19)20-10(11)3/h4-6,17H,7H2,1-3H3,(H,18,19). The number of halogens is 1. The summed E-state index contributed by atoms with van der Waals surface area (Å²) < 4.78 is 1.03. The second kappa shape index (κ2) is 5.97. The number of benzene rings is 1. The smallest absolute Gasteiger partial charge is 0.345 e. The summed E-state index contributed by atoms with van der Waals surface area (Å²) in [5, 5.41) is 12.4. The third-order valence-electron chi connectivity index (χ3n) is 3.12. The zero-order chi connectivity index (χ0) is 14.9. The van der Waals surface area contributed by atoms with E-state index in [2.05, 4.69) is 47.2 Å². The lowest BCUT2D eigenvalue weighted by Crippen LogP contribution is -2.02. The fourth-order valence-electron chi connectivity index (χ4n) is 2.12. The normalized spacial score (nSPS) is 10.6. The van der Waals surface area contributed by atoms with Crippen LogP contribution in [0.25, 0.3) is 0 Å². The predicted molar refractivity (Wildman–Crippen MR) is 87.0 cm³/mol. The summed E-state index contributed by atoms with van der Waals surface area (Å²) in [5.41, 5.74) is 4.46. The Morgan fingerprint density at radius 1 is 1.30 bits per heavy atom. The fourth-order valence-corrected chi connectivity index (χ4v) is 3.82. The van der Waals surface area contributed by atoms with E-state index in [4.69, 9.17) is 5.11 Å². The molecule has 106 valence electrons. The first kappa shape index (κ1) is 15.1. The molecule has 1 heterocycles. The van der Waals surface area contributed by atoms with Crippen molar-refractivity contribution in [1.29, 1.82) is 0 Å². The van der Waals surface area contributed by atoms with Crippen molar-refractivity contribution in [2.45, 2.75) is 27.3 Å². The molecule has 0 aliphatic rings. The molecule has 0 aliphatic carbocycles. The van der Waals surface area contributed by atoms with Gasteiger partial charge in [0.05, 0.1) is 5.69 Å². The fraction of sp³-hybridized carbons (Fsp3) is 0.267. The van der Waals surface area contributed by atoms with Gasteiger partial charge in [0, 0.05) is 15.9 Å². The van der Waals surface area contributed by atoms with Gasteiger partial charge in [0.15, 0.2) is 0 Å². The lowest BCUT2D eigenvalue weighted by molar-refractivity contribution is 0.0702. The minimum atomic E-state index is -0.864. The molecule has 5 heteroatoms. The number of rotatable bonds is 4. The Bertz CT molecular complexity index is 641. The molecule has 2 rings (SSSR count). The largest absolute Gasteiger partial charge is 0.477 e. The highest BCUT2D eigenvalue weighted by Crippen LogP contribution is 2.29. The third kappa shape index (κ3) is 3.22. The number of carbonyl (C=O) groups is 1. The molecule has 1 aromatic carbocycles. The number of aromatic carboxylic acids is 1. The lowest BCUT2D eigenvalue weighted by atomic mass is 10.1. The highest BCUT2D eigenvalue weighted by atomic mass is 79.9. The van der Waals surface area contributed by atoms with Crippen LogP contribution in [0.2, 0.25) is 0 Å². The average Bonchev–Trinajstić information content (AvgIpc) is 2.70. The van der Waals surface area contributed by atoms with Crippen molar-refractivity contribution in [2.75, 3.05) is 5.32 Å². The van der Waals surface area contributed by atoms with E-state index in [-0.39, 0.29) is 0 Å². The summed E-state index contributed by atoms with van der Waals surface area (Å²) in [6, 6.07) is 5.93. The first-order chi connectivity index (χ1) is 9.38. The molecule has 0 saturated heterocycles. The van der Waals surface area contributed by atoms with E-state index in [1.165, 1.54) is 22.5 Å². The first-order valence-electron chi connectivity index (χ1n) is 6.21. The van der Waals surface area contributed by atoms with E-state index in [0.717, 1.165) is 20.6 Å². The molecule has 0 radical (unpaired) electrons. The van der Waals surface area contributed by atoms with Gasteiger partial charge in [-0.1, -0.05) is 6.07 Å². The molecule has 0 amide bonds. The molecule has 3 nitrogen and oxygen atoms in total. The van der Waals surface area contributed by atoms with Crippen molar-refractivity contribution in [3.8, 4) is 0 Å². The number of aryl methyl sites for hydroxylation is 3. The van der Waals surface area contributed by atoms with Crippen molar-refractivity contribution in [3.05, 3.63) is 49.1 Å². The zero-order valence-corrected chi connectivity index (χ0v) is 14.0. The molecule has 0 aliphatic heterocycles. The molecule has 2 aromatic rings. The van der Waals surface area contributed by atoms with Gasteiger partial charge in [0.2, 0.25) is 0 Å². The Morgan fingerprint density at radius 2 is 2.00 bits per heavy atom. The van der Waals surface area contributed by atoms with Gasteiger partial charge in [-0.05, 0) is 65.5 Å². The van der Waals surface area contributed by atoms with Gasteiger partial charge < -0.3 is 10.4 Å². The van der Waals surface area contributed by atoms with Crippen LogP contribution in [0, 0.1) is 20.8 Å². The number of hydrogen-bond acceptors (Lipinski definition) is 3. The maximum absolute atomic E-state index is 11.0. The summed E-state index contributed by atoms with van der Waals surface area (Å²) in [7, 11) is 0. The monoisotopic (exact) mass is 353 g/mol. The summed E-state index contributed by atoms with van der Waals surface area (Å²) in [4.78, 5) is 12.4. The Hall–Kier alpha value is -1.33. The molecule has 0 fully saturated rings. The van der Waals surface area contributed by atoms with E-state index in [1.54, 1.807) is 6.07 Å². The maximum atomic E-state index is 11.0. The number of hydrogen-bond donors (Lipinski definition) is 2. The quantitative estimate of drug-likeness (QED) is 0.833. The summed E-state index contributed by atoms with van der Waals surface area (Å²) in [6.07, 6.45) is 0. The molecule has 0 bridgehead atoms. The van der Waals surface area contributed by atoms with Gasteiger partial charge in [-0.2, -0.15) is 0 Å². The Kier molecular flexibility index (Phi) is 4.50. The number of carboxylic acids is 1. The van der Waals surface area contributed by atoms with E-state index >= 15 is 0 Å². The van der Waals surface area contributed by atoms with Crippen LogP contribution in [-0.4, -0.2) is 11.1 Å². The number of carboxylic acid groups (broad SMARTS) is 1. The Balaban J connectivity index is 2.19. The number of thiophene rings is 1. The van der Waals surface area contributed by atoms with Crippen LogP contribution in [0.3, 0.4) is 0 Å². The van der Waals surface area contributed by atoms with E-state index in [1.807, 2.05) is 6.92 Å². The molecule has 2 N–H and O–H groups in total. The topological polar surface area (TPSA) is 49.3 Å². The van der Waals surface area contributed by atoms with Crippen molar-refractivity contribution in [1.82, 2.24) is 0 Å². The van der Waals surface area contributed by atoms with Crippen LogP contribution in [-0.2, 0) is 6.54 Å². The van der Waals surface area contributed by atoms with Gasteiger partial charge in [0.1, 0.15) is 4.88 Å². The first-order valence-corrected chi connectivity index (χ1v) is 7.82. The Labute approximate surface area is 130 Å². The van der Waals surface area contributed by atoms with E-state index in [9.17, 15) is 4.79 Å². The molecular formula is C15H16BrNO2S. The van der Waals surface area contributed by atoms with Gasteiger partial charge in [-0.15, -0.1) is 11.3 Å². The van der Waals surface area contributed by atoms with Gasteiger partial charge >= 0.3 is 5.97 Å². The summed E-state index contributed by atoms with van der Waals surface area (Å²) in [6.45, 7) is 6.69. The minimum Gasteiger partial charge on any atom is -0.477 e. The average molecular weight is 354 g/mol. The third-order valence-corrected chi connectivity index (χ3v) is 4.82. The molecule has 20 heavy (non-hydrogen) atoms. The van der Waals surface area contributed by atoms with Crippen molar-refractivity contribution < 1.29 is 9.90 Å². The molecule has 0 spiro atoms. The molecule has 0 unspecified atom stereocenters. The van der Waals surface area contributed by atoms with Crippen LogP contribution in [0.5, 0.6) is 0 Å². The van der Waals surface area contributed by atoms with Gasteiger partial charge in [0.25, 0.3) is 0 Å². The SMILES string of the molecule is Cc1cc(C)c(NCc2cc(C(=O)O)sc2C)c(Br)c1. The second-order valence-corrected chi connectivity index (χ2v) is 6.90. The van der Waals surface area contributed by atoms with E-state index in [0.29, 0.717) is 11.4 Å². The lowest BCUT2D eigenvalue weighted by Gasteiger charge is -2.12. The zero-order valence-electron chi connectivity index (χ0n) is 11.6. The highest BCUT2D eigenvalue weighted by Gasteiger charge is 2.12. The predicted octanol–water partition coefficient (Wildman–Crippen LogP) is 4.75. The molecule has 0 saturated carbocycles. The molecular weight excluding hydrogens is 338 g/mol. The highest BCUT2D eigenvalue weighted by molar-refractivity contribution is 9.10. The maximum Gasteiger partial charge on any atom is 0.345 e. The van der Waals surface area contributed by atoms with Crippen LogP contribution in [0.4, 0.5) is 5.69 Å². The second-order valence-electron chi connectivity index (χ2n) is 4.79. The van der Waals surface area contributed by atoms with Crippen LogP contribution < -0.4 is 5.32 Å². The van der Waals surface area contributed by atoms with Crippen LogP contribution in [0.1, 0.15) is 31.2 Å². The van der Waals surface area contributed by atoms with Crippen molar-refractivity contribution in [3.63, 3.8) is 0 Å². The number of anilines is 1. The summed E-state index contributed by atoms with van der Waals surface area (Å²) in [5.74, 6) is -0.864. The van der Waals surface area contributed by atoms with Crippen LogP contribution >= 0.6 is 27.3 Å². The van der Waals surface area contributed by atoms with Gasteiger partial charge in [-0.25, -0.2) is 4.79 Å². The van der Waals surface area contributed by atoms with Crippen molar-refractivity contribution >= 4 is 38.9 Å². The Morgan fingerprint density at radius 3 is 2.55 bits per heavy atom. The molecule has 1 aromatic heterocycles. The molecule has 0 atom stereocenters. The van der Waals surface area contributed by atoms with Gasteiger partial charge in [-0.3, -0.25) is 0 Å².